The molecule has 0 saturated heterocycles. The van der Waals surface area contributed by atoms with Crippen LogP contribution in [0.4, 0.5) is 18.9 Å². The van der Waals surface area contributed by atoms with E-state index in [9.17, 15) is 37.5 Å². The third-order valence-corrected chi connectivity index (χ3v) is 6.38. The first kappa shape index (κ1) is 29.7. The summed E-state index contributed by atoms with van der Waals surface area (Å²) in [7, 11) is 1.22. The van der Waals surface area contributed by atoms with E-state index in [1.165, 1.54) is 39.2 Å². The molecule has 0 aliphatic rings. The number of nitrogens with zero attached hydrogens (tertiary/aromatic N) is 2. The van der Waals surface area contributed by atoms with Crippen LogP contribution in [0.1, 0.15) is 54.7 Å². The van der Waals surface area contributed by atoms with Gasteiger partial charge >= 0.3 is 24.1 Å². The monoisotopic (exact) mass is 580 g/mol. The second-order valence-electron chi connectivity index (χ2n) is 9.23. The van der Waals surface area contributed by atoms with Crippen LogP contribution in [0.15, 0.2) is 65.7 Å². The van der Waals surface area contributed by atoms with Crippen LogP contribution in [-0.4, -0.2) is 52.5 Å². The van der Waals surface area contributed by atoms with Crippen molar-refractivity contribution in [3.8, 4) is 5.88 Å². The molecule has 0 atom stereocenters. The lowest BCUT2D eigenvalue weighted by Crippen LogP contribution is -2.28. The Morgan fingerprint density at radius 2 is 1.52 bits per heavy atom. The highest BCUT2D eigenvalue weighted by Gasteiger charge is 2.42. The second kappa shape index (κ2) is 11.3. The SMILES string of the molecule is COC(=O)c1cc2c(cc1C)c(C(=Nc1ccc(C(=O)OC(=O)C(F)(F)F)c(C)c1)c1ccccc1)c(O)n2C(C)=O. The fourth-order valence-corrected chi connectivity index (χ4v) is 4.44. The zero-order valence-electron chi connectivity index (χ0n) is 22.7. The van der Waals surface area contributed by atoms with Gasteiger partial charge in [-0.2, -0.15) is 13.2 Å². The number of hydrogen-bond donors (Lipinski definition) is 1. The third kappa shape index (κ3) is 5.64. The van der Waals surface area contributed by atoms with Gasteiger partial charge in [-0.1, -0.05) is 30.3 Å². The number of aromatic nitrogens is 1. The maximum Gasteiger partial charge on any atom is 0.491 e. The quantitative estimate of drug-likeness (QED) is 0.179. The molecule has 0 aliphatic heterocycles. The van der Waals surface area contributed by atoms with E-state index in [0.29, 0.717) is 16.5 Å². The van der Waals surface area contributed by atoms with Crippen LogP contribution in [0.5, 0.6) is 5.88 Å². The van der Waals surface area contributed by atoms with E-state index in [1.54, 1.807) is 43.3 Å². The summed E-state index contributed by atoms with van der Waals surface area (Å²) in [5.74, 6) is -5.72. The lowest BCUT2D eigenvalue weighted by molar-refractivity contribution is -0.193. The highest BCUT2D eigenvalue weighted by Crippen LogP contribution is 2.36. The normalized spacial score (nSPS) is 11.8. The summed E-state index contributed by atoms with van der Waals surface area (Å²) in [6, 6.07) is 15.6. The molecule has 42 heavy (non-hydrogen) atoms. The fraction of sp³-hybridized carbons (Fsp3) is 0.167. The molecule has 4 rings (SSSR count). The summed E-state index contributed by atoms with van der Waals surface area (Å²) in [6.45, 7) is 4.33. The number of hydrogen-bond acceptors (Lipinski definition) is 8. The summed E-state index contributed by atoms with van der Waals surface area (Å²) in [6.07, 6.45) is -5.34. The number of fused-ring (bicyclic) bond motifs is 1. The van der Waals surface area contributed by atoms with Crippen molar-refractivity contribution < 1.29 is 46.9 Å². The standard InChI is InChI=1S/C30H23F3N2O7/c1-15-12-19(10-11-20(15)28(39)42-29(40)30(31,32)33)34-25(18-8-6-5-7-9-18)24-22-13-16(2)21(27(38)41-4)14-23(22)35(17(3)36)26(24)37/h5-14,37H,1-4H3. The molecule has 3 aromatic carbocycles. The topological polar surface area (TPSA) is 124 Å². The van der Waals surface area contributed by atoms with Crippen molar-refractivity contribution >= 4 is 46.1 Å². The van der Waals surface area contributed by atoms with Crippen LogP contribution >= 0.6 is 0 Å². The minimum Gasteiger partial charge on any atom is -0.494 e. The van der Waals surface area contributed by atoms with Crippen molar-refractivity contribution in [2.24, 2.45) is 4.99 Å². The Kier molecular flexibility index (Phi) is 8.01. The summed E-state index contributed by atoms with van der Waals surface area (Å²) in [4.78, 5) is 53.0. The molecular weight excluding hydrogens is 557 g/mol. The molecule has 0 fully saturated rings. The number of alkyl halides is 3. The molecule has 0 radical (unpaired) electrons. The molecule has 1 aromatic heterocycles. The number of aliphatic imine (C=N–C) groups is 1. The number of carbonyl (C=O) groups is 4. The number of methoxy groups -OCH3 is 1. The molecule has 0 bridgehead atoms. The van der Waals surface area contributed by atoms with Gasteiger partial charge in [0.1, 0.15) is 0 Å². The van der Waals surface area contributed by atoms with Gasteiger partial charge in [0, 0.05) is 17.9 Å². The summed E-state index contributed by atoms with van der Waals surface area (Å²) < 4.78 is 47.5. The number of halogens is 3. The van der Waals surface area contributed by atoms with Crippen molar-refractivity contribution in [1.29, 1.82) is 0 Å². The molecule has 216 valence electrons. The van der Waals surface area contributed by atoms with Gasteiger partial charge in [0.15, 0.2) is 0 Å². The van der Waals surface area contributed by atoms with E-state index in [0.717, 1.165) is 10.6 Å². The lowest BCUT2D eigenvalue weighted by Gasteiger charge is -2.11. The fourth-order valence-electron chi connectivity index (χ4n) is 4.44. The Labute approximate surface area is 236 Å². The predicted molar refractivity (Wildman–Crippen MR) is 145 cm³/mol. The van der Waals surface area contributed by atoms with E-state index in [1.807, 2.05) is 0 Å². The first-order chi connectivity index (χ1) is 19.7. The minimum atomic E-state index is -5.34. The predicted octanol–water partition coefficient (Wildman–Crippen LogP) is 5.83. The van der Waals surface area contributed by atoms with Crippen molar-refractivity contribution in [1.82, 2.24) is 4.57 Å². The van der Waals surface area contributed by atoms with E-state index in [4.69, 9.17) is 4.74 Å². The van der Waals surface area contributed by atoms with Crippen LogP contribution in [0.3, 0.4) is 0 Å². The summed E-state index contributed by atoms with van der Waals surface area (Å²) in [5, 5.41) is 11.8. The van der Waals surface area contributed by atoms with Crippen molar-refractivity contribution in [2.75, 3.05) is 7.11 Å². The third-order valence-electron chi connectivity index (χ3n) is 6.38. The van der Waals surface area contributed by atoms with Crippen LogP contribution in [0, 0.1) is 13.8 Å². The van der Waals surface area contributed by atoms with Gasteiger partial charge in [-0.15, -0.1) is 0 Å². The summed E-state index contributed by atoms with van der Waals surface area (Å²) >= 11 is 0. The van der Waals surface area contributed by atoms with Crippen LogP contribution in [0.25, 0.3) is 10.9 Å². The first-order valence-electron chi connectivity index (χ1n) is 12.3. The van der Waals surface area contributed by atoms with Gasteiger partial charge in [-0.3, -0.25) is 9.36 Å². The highest BCUT2D eigenvalue weighted by atomic mass is 19.4. The smallest absolute Gasteiger partial charge is 0.491 e. The zero-order valence-corrected chi connectivity index (χ0v) is 22.7. The average Bonchev–Trinajstić information content (AvgIpc) is 3.21. The van der Waals surface area contributed by atoms with Gasteiger partial charge in [0.2, 0.25) is 11.8 Å². The summed E-state index contributed by atoms with van der Waals surface area (Å²) in [5.41, 5.74) is 1.96. The first-order valence-corrected chi connectivity index (χ1v) is 12.3. The molecule has 1 N–H and O–H groups in total. The number of rotatable bonds is 5. The Morgan fingerprint density at radius 1 is 0.881 bits per heavy atom. The second-order valence-corrected chi connectivity index (χ2v) is 9.23. The Morgan fingerprint density at radius 3 is 2.10 bits per heavy atom. The lowest BCUT2D eigenvalue weighted by atomic mass is 9.98. The van der Waals surface area contributed by atoms with Gasteiger partial charge in [0.05, 0.1) is 40.7 Å². The Hall–Kier alpha value is -5.26. The molecule has 1 heterocycles. The van der Waals surface area contributed by atoms with Gasteiger partial charge < -0.3 is 14.6 Å². The molecule has 4 aromatic rings. The largest absolute Gasteiger partial charge is 0.494 e. The molecule has 9 nitrogen and oxygen atoms in total. The number of aromatic hydroxyl groups is 1. The van der Waals surface area contributed by atoms with Gasteiger partial charge in [-0.05, 0) is 55.3 Å². The van der Waals surface area contributed by atoms with E-state index in [2.05, 4.69) is 9.73 Å². The number of ether oxygens (including phenoxy) is 2. The van der Waals surface area contributed by atoms with Crippen LogP contribution in [0.2, 0.25) is 0 Å². The zero-order chi connectivity index (χ0) is 30.9. The maximum absolute atomic E-state index is 12.6. The number of benzene rings is 3. The van der Waals surface area contributed by atoms with Crippen molar-refractivity contribution in [3.63, 3.8) is 0 Å². The van der Waals surface area contributed by atoms with Gasteiger partial charge in [-0.25, -0.2) is 19.4 Å². The number of esters is 3. The molecule has 0 unspecified atom stereocenters. The molecule has 0 spiro atoms. The number of carbonyl (C=O) groups excluding carboxylic acids is 4. The molecule has 0 amide bonds. The van der Waals surface area contributed by atoms with E-state index in [-0.39, 0.29) is 39.2 Å². The molecule has 0 saturated carbocycles. The van der Waals surface area contributed by atoms with E-state index >= 15 is 0 Å². The Bertz CT molecular complexity index is 1790. The van der Waals surface area contributed by atoms with Gasteiger partial charge in [0.25, 0.3) is 0 Å². The molecule has 0 aliphatic carbocycles. The molecular formula is C30H23F3N2O7. The molecule has 12 heteroatoms. The average molecular weight is 581 g/mol. The maximum atomic E-state index is 12.6. The highest BCUT2D eigenvalue weighted by molar-refractivity contribution is 6.23. The Balaban J connectivity index is 1.93. The van der Waals surface area contributed by atoms with Crippen LogP contribution < -0.4 is 0 Å². The van der Waals surface area contributed by atoms with Crippen molar-refractivity contribution in [2.45, 2.75) is 26.9 Å². The minimum absolute atomic E-state index is 0.164. The van der Waals surface area contributed by atoms with E-state index < -0.39 is 35.9 Å². The van der Waals surface area contributed by atoms with Crippen molar-refractivity contribution in [3.05, 3.63) is 94.0 Å². The number of aryl methyl sites for hydroxylation is 2. The van der Waals surface area contributed by atoms with Crippen LogP contribution in [-0.2, 0) is 14.3 Å².